The fraction of sp³-hybridized carbons (Fsp3) is 0.333. The summed E-state index contributed by atoms with van der Waals surface area (Å²) >= 11 is 0.131. The van der Waals surface area contributed by atoms with Crippen molar-refractivity contribution >= 4 is 24.0 Å². The predicted octanol–water partition coefficient (Wildman–Crippen LogP) is 1.51. The van der Waals surface area contributed by atoms with E-state index in [-0.39, 0.29) is 30.6 Å². The van der Waals surface area contributed by atoms with Crippen molar-refractivity contribution in [3.63, 3.8) is 0 Å². The van der Waals surface area contributed by atoms with Crippen molar-refractivity contribution in [3.8, 4) is 0 Å². The number of benzene rings is 1. The lowest BCUT2D eigenvalue weighted by Crippen LogP contribution is -2.62. The van der Waals surface area contributed by atoms with Crippen LogP contribution in [0.15, 0.2) is 29.2 Å². The topological polar surface area (TPSA) is 58.2 Å². The van der Waals surface area contributed by atoms with Crippen molar-refractivity contribution in [2.75, 3.05) is 6.67 Å². The molecular formula is C12H13FN2O2S. The highest BCUT2D eigenvalue weighted by Crippen LogP contribution is 2.32. The monoisotopic (exact) mass is 268 g/mol. The third-order valence-corrected chi connectivity index (χ3v) is 3.69. The highest BCUT2D eigenvalue weighted by atomic mass is 32.2. The van der Waals surface area contributed by atoms with Crippen molar-refractivity contribution in [2.45, 2.75) is 23.7 Å². The van der Waals surface area contributed by atoms with Crippen LogP contribution in [0, 0.1) is 0 Å². The molecule has 0 saturated carbocycles. The highest BCUT2D eigenvalue weighted by molar-refractivity contribution is 7.94. The Morgan fingerprint density at radius 2 is 1.78 bits per heavy atom. The van der Waals surface area contributed by atoms with Crippen molar-refractivity contribution < 1.29 is 13.5 Å². The van der Waals surface area contributed by atoms with Gasteiger partial charge in [-0.05, 0) is 24.1 Å². The largest absolute Gasteiger partial charge is 0.337 e. The van der Waals surface area contributed by atoms with E-state index in [1.54, 1.807) is 31.2 Å². The molecule has 0 bridgehead atoms. The van der Waals surface area contributed by atoms with Crippen LogP contribution in [0.3, 0.4) is 0 Å². The standard InChI is InChI=1S/C12H13FN2O2S/c1-2-12(10(16)14-7-15-11(12)17)8-3-5-9(18-13)6-4-8/h3-6H,2,7H2,1H3,(H,14,16)(H,15,17). The van der Waals surface area contributed by atoms with Crippen molar-refractivity contribution in [2.24, 2.45) is 0 Å². The van der Waals surface area contributed by atoms with Crippen LogP contribution in [0.25, 0.3) is 0 Å². The molecule has 1 aliphatic rings. The molecular weight excluding hydrogens is 255 g/mol. The number of carbonyl (C=O) groups excluding carboxylic acids is 2. The first kappa shape index (κ1) is 12.9. The second kappa shape index (κ2) is 4.97. The molecule has 0 unspecified atom stereocenters. The van der Waals surface area contributed by atoms with Gasteiger partial charge in [0.25, 0.3) is 0 Å². The predicted molar refractivity (Wildman–Crippen MR) is 66.5 cm³/mol. The number of amides is 2. The van der Waals surface area contributed by atoms with E-state index in [1.807, 2.05) is 0 Å². The number of carbonyl (C=O) groups is 2. The molecule has 1 fully saturated rings. The fourth-order valence-electron chi connectivity index (χ4n) is 2.19. The third-order valence-electron chi connectivity index (χ3n) is 3.24. The summed E-state index contributed by atoms with van der Waals surface area (Å²) in [4.78, 5) is 24.6. The molecule has 1 heterocycles. The second-order valence-corrected chi connectivity index (χ2v) is 4.67. The molecule has 0 aromatic heterocycles. The Morgan fingerprint density at radius 3 is 2.22 bits per heavy atom. The summed E-state index contributed by atoms with van der Waals surface area (Å²) < 4.78 is 12.4. The van der Waals surface area contributed by atoms with Crippen LogP contribution in [0.2, 0.25) is 0 Å². The van der Waals surface area contributed by atoms with Gasteiger partial charge in [0.15, 0.2) is 5.41 Å². The van der Waals surface area contributed by atoms with Gasteiger partial charge in [0.2, 0.25) is 11.8 Å². The van der Waals surface area contributed by atoms with Crippen molar-refractivity contribution in [1.82, 2.24) is 10.6 Å². The maximum atomic E-state index is 12.4. The first-order valence-electron chi connectivity index (χ1n) is 5.61. The van der Waals surface area contributed by atoms with Crippen molar-refractivity contribution in [1.29, 1.82) is 0 Å². The minimum atomic E-state index is -1.21. The SMILES string of the molecule is CCC1(c2ccc(SF)cc2)C(=O)NCNC1=O. The lowest BCUT2D eigenvalue weighted by Gasteiger charge is -2.34. The van der Waals surface area contributed by atoms with Crippen LogP contribution < -0.4 is 10.6 Å². The summed E-state index contributed by atoms with van der Waals surface area (Å²) in [5.41, 5.74) is -0.630. The molecule has 2 N–H and O–H groups in total. The molecule has 4 nitrogen and oxygen atoms in total. The van der Waals surface area contributed by atoms with Crippen molar-refractivity contribution in [3.05, 3.63) is 29.8 Å². The van der Waals surface area contributed by atoms with E-state index >= 15 is 0 Å². The van der Waals surface area contributed by atoms with Crippen LogP contribution in [0.1, 0.15) is 18.9 Å². The zero-order valence-corrected chi connectivity index (χ0v) is 10.6. The van der Waals surface area contributed by atoms with Gasteiger partial charge in [-0.3, -0.25) is 9.59 Å². The Labute approximate surface area is 109 Å². The lowest BCUT2D eigenvalue weighted by atomic mass is 9.75. The highest BCUT2D eigenvalue weighted by Gasteiger charge is 2.47. The maximum absolute atomic E-state index is 12.4. The summed E-state index contributed by atoms with van der Waals surface area (Å²) in [6, 6.07) is 6.37. The number of hydrogen-bond donors (Lipinski definition) is 2. The molecule has 0 atom stereocenters. The van der Waals surface area contributed by atoms with Gasteiger partial charge in [0.05, 0.1) is 18.8 Å². The Bertz CT molecular complexity index is 459. The quantitative estimate of drug-likeness (QED) is 0.817. The van der Waals surface area contributed by atoms with Gasteiger partial charge >= 0.3 is 0 Å². The van der Waals surface area contributed by atoms with Crippen LogP contribution in [0.5, 0.6) is 0 Å². The van der Waals surface area contributed by atoms with Crippen LogP contribution in [-0.2, 0) is 15.0 Å². The van der Waals surface area contributed by atoms with Gasteiger partial charge in [0.1, 0.15) is 0 Å². The van der Waals surface area contributed by atoms with Crippen LogP contribution in [0.4, 0.5) is 3.89 Å². The van der Waals surface area contributed by atoms with Gasteiger partial charge in [-0.2, -0.15) is 3.89 Å². The Morgan fingerprint density at radius 1 is 1.22 bits per heavy atom. The maximum Gasteiger partial charge on any atom is 0.241 e. The van der Waals surface area contributed by atoms with Gasteiger partial charge in [-0.15, -0.1) is 0 Å². The first-order valence-corrected chi connectivity index (χ1v) is 6.32. The molecule has 2 rings (SSSR count). The zero-order chi connectivity index (χ0) is 13.2. The summed E-state index contributed by atoms with van der Waals surface area (Å²) in [7, 11) is 0. The minimum Gasteiger partial charge on any atom is -0.337 e. The smallest absolute Gasteiger partial charge is 0.241 e. The molecule has 2 amide bonds. The summed E-state index contributed by atoms with van der Waals surface area (Å²) in [5.74, 6) is -0.621. The number of hydrogen-bond acceptors (Lipinski definition) is 3. The molecule has 0 radical (unpaired) electrons. The number of halogens is 1. The van der Waals surface area contributed by atoms with Crippen LogP contribution in [-0.4, -0.2) is 18.5 Å². The summed E-state index contributed by atoms with van der Waals surface area (Å²) in [5, 5.41) is 5.26. The average molecular weight is 268 g/mol. The van der Waals surface area contributed by atoms with E-state index in [2.05, 4.69) is 10.6 Å². The number of rotatable bonds is 3. The molecule has 0 spiro atoms. The zero-order valence-electron chi connectivity index (χ0n) is 9.83. The molecule has 18 heavy (non-hydrogen) atoms. The number of nitrogens with one attached hydrogen (secondary N) is 2. The second-order valence-electron chi connectivity index (χ2n) is 4.05. The van der Waals surface area contributed by atoms with E-state index < -0.39 is 5.41 Å². The van der Waals surface area contributed by atoms with E-state index in [9.17, 15) is 13.5 Å². The Hall–Kier alpha value is -1.56. The van der Waals surface area contributed by atoms with Gasteiger partial charge in [-0.1, -0.05) is 19.1 Å². The molecule has 1 aromatic rings. The first-order chi connectivity index (χ1) is 8.65. The molecule has 96 valence electrons. The molecule has 6 heteroatoms. The fourth-order valence-corrected chi connectivity index (χ4v) is 2.43. The molecule has 0 aliphatic carbocycles. The average Bonchev–Trinajstić information content (AvgIpc) is 2.40. The van der Waals surface area contributed by atoms with Gasteiger partial charge in [0, 0.05) is 4.90 Å². The van der Waals surface area contributed by atoms with E-state index in [4.69, 9.17) is 0 Å². The molecule has 1 aromatic carbocycles. The van der Waals surface area contributed by atoms with E-state index in [1.165, 1.54) is 0 Å². The Balaban J connectivity index is 2.47. The Kier molecular flexibility index (Phi) is 3.56. The molecule has 1 aliphatic heterocycles. The lowest BCUT2D eigenvalue weighted by molar-refractivity contribution is -0.141. The van der Waals surface area contributed by atoms with E-state index in [0.29, 0.717) is 16.9 Å². The van der Waals surface area contributed by atoms with Gasteiger partial charge in [-0.25, -0.2) is 0 Å². The normalized spacial score (nSPS) is 18.1. The molecule has 1 saturated heterocycles. The summed E-state index contributed by atoms with van der Waals surface area (Å²) in [6.45, 7) is 1.93. The minimum absolute atomic E-state index is 0.131. The summed E-state index contributed by atoms with van der Waals surface area (Å²) in [6.07, 6.45) is 0.354. The van der Waals surface area contributed by atoms with Crippen LogP contribution >= 0.6 is 12.1 Å². The third kappa shape index (κ3) is 1.86. The van der Waals surface area contributed by atoms with Gasteiger partial charge < -0.3 is 10.6 Å². The van der Waals surface area contributed by atoms with E-state index in [0.717, 1.165) is 0 Å².